The van der Waals surface area contributed by atoms with Crippen LogP contribution in [0.15, 0.2) is 29.0 Å². The van der Waals surface area contributed by atoms with Crippen LogP contribution in [0.4, 0.5) is 16.1 Å². The summed E-state index contributed by atoms with van der Waals surface area (Å²) in [4.78, 5) is 18.2. The summed E-state index contributed by atoms with van der Waals surface area (Å²) in [5.41, 5.74) is 1.00. The van der Waals surface area contributed by atoms with Gasteiger partial charge in [-0.05, 0) is 12.1 Å². The first-order valence-electron chi connectivity index (χ1n) is 10.5. The summed E-state index contributed by atoms with van der Waals surface area (Å²) in [6.45, 7) is 12.5. The zero-order valence-electron chi connectivity index (χ0n) is 18.0. The van der Waals surface area contributed by atoms with Crippen LogP contribution in [0.5, 0.6) is 5.88 Å². The summed E-state index contributed by atoms with van der Waals surface area (Å²) in [7, 11) is 0. The molecule has 0 amide bonds. The van der Waals surface area contributed by atoms with Gasteiger partial charge in [-0.15, -0.1) is 5.10 Å². The van der Waals surface area contributed by atoms with Gasteiger partial charge in [-0.2, -0.15) is 14.6 Å². The van der Waals surface area contributed by atoms with Crippen LogP contribution in [-0.2, 0) is 0 Å². The van der Waals surface area contributed by atoms with Gasteiger partial charge in [0.2, 0.25) is 5.88 Å². The van der Waals surface area contributed by atoms with Crippen LogP contribution >= 0.6 is 0 Å². The second-order valence-electron chi connectivity index (χ2n) is 7.99. The topological polar surface area (TPSA) is 112 Å². The molecule has 0 unspecified atom stereocenters. The van der Waals surface area contributed by atoms with Crippen molar-refractivity contribution in [3.63, 3.8) is 0 Å². The third-order valence-electron chi connectivity index (χ3n) is 5.43. The monoisotopic (exact) mass is 449 g/mol. The molecule has 0 aliphatic carbocycles. The summed E-state index contributed by atoms with van der Waals surface area (Å²) in [5, 5.41) is 12.2. The molecule has 33 heavy (non-hydrogen) atoms. The average molecular weight is 449 g/mol. The van der Waals surface area contributed by atoms with Crippen molar-refractivity contribution in [2.75, 3.05) is 18.0 Å². The van der Waals surface area contributed by atoms with Crippen LogP contribution in [0.1, 0.15) is 38.4 Å². The molecule has 4 heterocycles. The Morgan fingerprint density at radius 3 is 2.76 bits per heavy atom. The number of ether oxygens (including phenoxy) is 1. The van der Waals surface area contributed by atoms with Crippen LogP contribution < -0.4 is 9.64 Å². The first kappa shape index (κ1) is 20.7. The maximum atomic E-state index is 14.5. The minimum absolute atomic E-state index is 0.0910. The van der Waals surface area contributed by atoms with Gasteiger partial charge in [-0.25, -0.2) is 14.2 Å². The molecule has 12 heteroatoms. The van der Waals surface area contributed by atoms with E-state index < -0.39 is 5.82 Å². The Hall–Kier alpha value is -4.14. The first-order valence-corrected chi connectivity index (χ1v) is 10.5. The van der Waals surface area contributed by atoms with Gasteiger partial charge in [0.1, 0.15) is 23.9 Å². The fourth-order valence-electron chi connectivity index (χ4n) is 3.63. The highest BCUT2D eigenvalue weighted by atomic mass is 19.1. The van der Waals surface area contributed by atoms with E-state index in [1.165, 1.54) is 23.1 Å². The molecule has 1 aliphatic heterocycles. The second kappa shape index (κ2) is 8.42. The number of nitrogens with zero attached hydrogens (tertiary/aromatic N) is 9. The Labute approximate surface area is 188 Å². The number of halogens is 1. The van der Waals surface area contributed by atoms with E-state index >= 15 is 0 Å². The van der Waals surface area contributed by atoms with Crippen molar-refractivity contribution in [2.45, 2.75) is 38.7 Å². The number of piperidine rings is 1. The largest absolute Gasteiger partial charge is 0.472 e. The Kier molecular flexibility index (Phi) is 5.29. The van der Waals surface area contributed by atoms with Gasteiger partial charge in [0.15, 0.2) is 22.7 Å². The molecule has 168 valence electrons. The number of benzene rings is 1. The van der Waals surface area contributed by atoms with Crippen molar-refractivity contribution in [3.8, 4) is 11.6 Å². The van der Waals surface area contributed by atoms with Crippen molar-refractivity contribution in [1.29, 1.82) is 0 Å². The van der Waals surface area contributed by atoms with Crippen LogP contribution in [0.2, 0.25) is 0 Å². The molecule has 5 rings (SSSR count). The predicted molar refractivity (Wildman–Crippen MR) is 115 cm³/mol. The molecule has 1 aromatic carbocycles. The number of fused-ring (bicyclic) bond motifs is 1. The van der Waals surface area contributed by atoms with Gasteiger partial charge in [0, 0.05) is 31.8 Å². The zero-order valence-corrected chi connectivity index (χ0v) is 18.0. The SMILES string of the molecule is [C-]#[N+]c1ccc(-n2nnc3c(OC4CCN(c5nc(C(C)C)no5)CC4)ncnc32)c(F)c1. The zero-order chi connectivity index (χ0) is 22.9. The van der Waals surface area contributed by atoms with E-state index in [-0.39, 0.29) is 23.4 Å². The normalized spacial score (nSPS) is 14.7. The molecule has 0 saturated carbocycles. The lowest BCUT2D eigenvalue weighted by atomic mass is 10.1. The lowest BCUT2D eigenvalue weighted by molar-refractivity contribution is 0.163. The fourth-order valence-corrected chi connectivity index (χ4v) is 3.63. The Balaban J connectivity index is 1.32. The van der Waals surface area contributed by atoms with Crippen molar-refractivity contribution >= 4 is 22.9 Å². The third kappa shape index (κ3) is 3.93. The van der Waals surface area contributed by atoms with Gasteiger partial charge in [-0.3, -0.25) is 0 Å². The van der Waals surface area contributed by atoms with Crippen LogP contribution in [0.3, 0.4) is 0 Å². The summed E-state index contributed by atoms with van der Waals surface area (Å²) in [6.07, 6.45) is 2.70. The standard InChI is InChI=1S/C21H20FN9O2/c1-12(2)18-26-21(33-28-18)30-8-6-14(7-9-30)32-20-17-19(24-11-25-20)31(29-27-17)16-5-4-13(23-3)10-15(16)22/h4-5,10-12,14H,6-9H2,1-2H3. The molecule has 0 radical (unpaired) electrons. The summed E-state index contributed by atoms with van der Waals surface area (Å²) in [6, 6.07) is 4.65. The quantitative estimate of drug-likeness (QED) is 0.423. The number of rotatable bonds is 5. The Morgan fingerprint density at radius 1 is 1.24 bits per heavy atom. The molecule has 3 aromatic heterocycles. The van der Waals surface area contributed by atoms with E-state index in [0.29, 0.717) is 42.0 Å². The third-order valence-corrected chi connectivity index (χ3v) is 5.43. The van der Waals surface area contributed by atoms with E-state index in [9.17, 15) is 4.39 Å². The van der Waals surface area contributed by atoms with Gasteiger partial charge in [-0.1, -0.05) is 30.3 Å². The van der Waals surface area contributed by atoms with Crippen LogP contribution in [0.25, 0.3) is 21.7 Å². The number of hydrogen-bond donors (Lipinski definition) is 0. The Bertz CT molecular complexity index is 1340. The highest BCUT2D eigenvalue weighted by molar-refractivity contribution is 5.76. The number of aromatic nitrogens is 7. The molecule has 0 spiro atoms. The van der Waals surface area contributed by atoms with Crippen LogP contribution in [0, 0.1) is 12.4 Å². The molecule has 1 aliphatic rings. The molecule has 1 saturated heterocycles. The van der Waals surface area contributed by atoms with Gasteiger partial charge < -0.3 is 14.2 Å². The first-order chi connectivity index (χ1) is 16.0. The number of hydrogen-bond acceptors (Lipinski definition) is 9. The highest BCUT2D eigenvalue weighted by Crippen LogP contribution is 2.27. The second-order valence-corrected chi connectivity index (χ2v) is 7.99. The molecular weight excluding hydrogens is 429 g/mol. The lowest BCUT2D eigenvalue weighted by Crippen LogP contribution is -2.38. The van der Waals surface area contributed by atoms with E-state index in [4.69, 9.17) is 15.8 Å². The molecule has 1 fully saturated rings. The molecule has 0 N–H and O–H groups in total. The van der Waals surface area contributed by atoms with Crippen molar-refractivity contribution < 1.29 is 13.7 Å². The van der Waals surface area contributed by atoms with Crippen molar-refractivity contribution in [3.05, 3.63) is 47.6 Å². The Morgan fingerprint density at radius 2 is 2.06 bits per heavy atom. The smallest absolute Gasteiger partial charge is 0.324 e. The lowest BCUT2D eigenvalue weighted by Gasteiger charge is -2.30. The van der Waals surface area contributed by atoms with Crippen molar-refractivity contribution in [1.82, 2.24) is 35.1 Å². The molecule has 0 bridgehead atoms. The number of anilines is 1. The van der Waals surface area contributed by atoms with Gasteiger partial charge in [0.05, 0.1) is 6.57 Å². The molecule has 0 atom stereocenters. The summed E-state index contributed by atoms with van der Waals surface area (Å²) in [5.74, 6) is 0.596. The maximum absolute atomic E-state index is 14.5. The van der Waals surface area contributed by atoms with Crippen LogP contribution in [-0.4, -0.2) is 54.3 Å². The van der Waals surface area contributed by atoms with Gasteiger partial charge in [0.25, 0.3) is 0 Å². The molecule has 4 aromatic rings. The molecule has 11 nitrogen and oxygen atoms in total. The molecular formula is C21H20FN9O2. The van der Waals surface area contributed by atoms with Gasteiger partial charge >= 0.3 is 6.01 Å². The summed E-state index contributed by atoms with van der Waals surface area (Å²) >= 11 is 0. The fraction of sp³-hybridized carbons (Fsp3) is 0.381. The minimum atomic E-state index is -0.592. The van der Waals surface area contributed by atoms with Crippen molar-refractivity contribution in [2.24, 2.45) is 0 Å². The average Bonchev–Trinajstić information content (AvgIpc) is 3.48. The minimum Gasteiger partial charge on any atom is -0.472 e. The maximum Gasteiger partial charge on any atom is 0.324 e. The van der Waals surface area contributed by atoms with E-state index in [2.05, 4.69) is 35.3 Å². The van der Waals surface area contributed by atoms with E-state index in [1.54, 1.807) is 0 Å². The summed E-state index contributed by atoms with van der Waals surface area (Å²) < 4.78 is 27.3. The van der Waals surface area contributed by atoms with E-state index in [1.807, 2.05) is 18.7 Å². The van der Waals surface area contributed by atoms with E-state index in [0.717, 1.165) is 18.9 Å². The highest BCUT2D eigenvalue weighted by Gasteiger charge is 2.26. The predicted octanol–water partition coefficient (Wildman–Crippen LogP) is 3.45.